The van der Waals surface area contributed by atoms with Crippen molar-refractivity contribution in [3.05, 3.63) is 58.4 Å². The van der Waals surface area contributed by atoms with Gasteiger partial charge >= 0.3 is 0 Å². The summed E-state index contributed by atoms with van der Waals surface area (Å²) in [5, 5.41) is 3.84. The Morgan fingerprint density at radius 2 is 1.79 bits per heavy atom. The molecule has 0 unspecified atom stereocenters. The number of nitrogens with one attached hydrogen (secondary N) is 1. The topological polar surface area (TPSA) is 30.5 Å². The van der Waals surface area contributed by atoms with Gasteiger partial charge < -0.3 is 14.8 Å². The highest BCUT2D eigenvalue weighted by atomic mass is 35.5. The lowest BCUT2D eigenvalue weighted by Crippen LogP contribution is -2.14. The van der Waals surface area contributed by atoms with E-state index < -0.39 is 0 Å². The average molecular weight is 408 g/mol. The van der Waals surface area contributed by atoms with Crippen molar-refractivity contribution >= 4 is 11.6 Å². The highest BCUT2D eigenvalue weighted by Crippen LogP contribution is 2.30. The van der Waals surface area contributed by atoms with Gasteiger partial charge in [0.1, 0.15) is 12.4 Å². The number of ether oxygens (including phenoxy) is 2. The van der Waals surface area contributed by atoms with Crippen LogP contribution in [0.15, 0.2) is 36.4 Å². The summed E-state index contributed by atoms with van der Waals surface area (Å²) in [5.74, 6) is 0.881. The van der Waals surface area contributed by atoms with Crippen molar-refractivity contribution in [2.45, 2.75) is 59.1 Å². The molecule has 0 aromatic heterocycles. The number of hydrogen-bond donors (Lipinski definition) is 1. The van der Waals surface area contributed by atoms with Crippen LogP contribution in [0.1, 0.15) is 57.1 Å². The fourth-order valence-electron chi connectivity index (χ4n) is 2.96. The largest absolute Gasteiger partial charge is 0.490 e. The molecular formula is C23H31ClFNO2. The third-order valence-electron chi connectivity index (χ3n) is 4.53. The van der Waals surface area contributed by atoms with Crippen LogP contribution in [0.4, 0.5) is 4.39 Å². The molecule has 0 amide bonds. The highest BCUT2D eigenvalue weighted by molar-refractivity contribution is 6.31. The summed E-state index contributed by atoms with van der Waals surface area (Å²) >= 11 is 6.07. The Balaban J connectivity index is 1.91. The zero-order valence-electron chi connectivity index (χ0n) is 16.9. The molecule has 3 nitrogen and oxygen atoms in total. The van der Waals surface area contributed by atoms with Crippen molar-refractivity contribution in [2.75, 3.05) is 13.2 Å². The third kappa shape index (κ3) is 7.33. The Hall–Kier alpha value is -1.78. The van der Waals surface area contributed by atoms with Crippen molar-refractivity contribution in [3.63, 3.8) is 0 Å². The van der Waals surface area contributed by atoms with E-state index >= 15 is 0 Å². The van der Waals surface area contributed by atoms with Crippen molar-refractivity contribution in [2.24, 2.45) is 0 Å². The Kier molecular flexibility index (Phi) is 10.2. The van der Waals surface area contributed by atoms with Crippen LogP contribution in [0.5, 0.6) is 11.5 Å². The summed E-state index contributed by atoms with van der Waals surface area (Å²) < 4.78 is 25.5. The van der Waals surface area contributed by atoms with Crippen LogP contribution >= 0.6 is 11.6 Å². The summed E-state index contributed by atoms with van der Waals surface area (Å²) in [6.07, 6.45) is 6.37. The second-order valence-electron chi connectivity index (χ2n) is 6.79. The first-order chi connectivity index (χ1) is 13.7. The lowest BCUT2D eigenvalue weighted by Gasteiger charge is -2.14. The van der Waals surface area contributed by atoms with Crippen LogP contribution in [0, 0.1) is 5.82 Å². The number of benzene rings is 2. The van der Waals surface area contributed by atoms with Gasteiger partial charge in [0.2, 0.25) is 0 Å². The van der Waals surface area contributed by atoms with E-state index in [2.05, 4.69) is 12.2 Å². The molecule has 154 valence electrons. The number of rotatable bonds is 13. The molecule has 5 heteroatoms. The SMILES string of the molecule is CCCCCCCNCc1ccc(OCc2c(F)cccc2Cl)c(OCC)c1. The van der Waals surface area contributed by atoms with Crippen LogP contribution in [-0.4, -0.2) is 13.2 Å². The minimum Gasteiger partial charge on any atom is -0.490 e. The Labute approximate surface area is 173 Å². The molecule has 0 aliphatic carbocycles. The molecule has 2 aromatic rings. The first-order valence-corrected chi connectivity index (χ1v) is 10.6. The fourth-order valence-corrected chi connectivity index (χ4v) is 3.17. The standard InChI is InChI=1S/C23H31ClFNO2/c1-3-5-6-7-8-14-26-16-18-12-13-22(23(15-18)27-4-2)28-17-19-20(24)10-9-11-21(19)25/h9-13,15,26H,3-8,14,16-17H2,1-2H3. The van der Waals surface area contributed by atoms with Crippen molar-refractivity contribution in [3.8, 4) is 11.5 Å². The second kappa shape index (κ2) is 12.6. The Morgan fingerprint density at radius 3 is 2.54 bits per heavy atom. The molecule has 0 aliphatic heterocycles. The molecule has 0 saturated heterocycles. The average Bonchev–Trinajstić information content (AvgIpc) is 2.68. The number of halogens is 2. The van der Waals surface area contributed by atoms with Crippen molar-refractivity contribution in [1.29, 1.82) is 0 Å². The smallest absolute Gasteiger partial charge is 0.161 e. The van der Waals surface area contributed by atoms with Gasteiger partial charge in [0.05, 0.1) is 11.6 Å². The predicted octanol–water partition coefficient (Wildman–Crippen LogP) is 6.52. The van der Waals surface area contributed by atoms with Gasteiger partial charge in [-0.1, -0.05) is 56.3 Å². The minimum absolute atomic E-state index is 0.0565. The van der Waals surface area contributed by atoms with Gasteiger partial charge in [0.15, 0.2) is 11.5 Å². The summed E-state index contributed by atoms with van der Waals surface area (Å²) in [6, 6.07) is 10.5. The Morgan fingerprint density at radius 1 is 0.964 bits per heavy atom. The molecule has 1 N–H and O–H groups in total. The van der Waals surface area contributed by atoms with E-state index in [-0.39, 0.29) is 12.4 Å². The lowest BCUT2D eigenvalue weighted by atomic mass is 10.1. The molecule has 0 bridgehead atoms. The first-order valence-electron chi connectivity index (χ1n) is 10.2. The number of hydrogen-bond acceptors (Lipinski definition) is 3. The lowest BCUT2D eigenvalue weighted by molar-refractivity contribution is 0.265. The molecule has 28 heavy (non-hydrogen) atoms. The summed E-state index contributed by atoms with van der Waals surface area (Å²) in [6.45, 7) is 6.54. The maximum Gasteiger partial charge on any atom is 0.161 e. The van der Waals surface area contributed by atoms with Gasteiger partial charge in [-0.3, -0.25) is 0 Å². The fraction of sp³-hybridized carbons (Fsp3) is 0.478. The molecule has 0 spiro atoms. The minimum atomic E-state index is -0.370. The molecule has 0 heterocycles. The summed E-state index contributed by atoms with van der Waals surface area (Å²) in [4.78, 5) is 0. The molecule has 0 radical (unpaired) electrons. The van der Waals surface area contributed by atoms with Gasteiger partial charge in [0.25, 0.3) is 0 Å². The molecule has 0 saturated carbocycles. The van der Waals surface area contributed by atoms with E-state index in [9.17, 15) is 4.39 Å². The van der Waals surface area contributed by atoms with Crippen LogP contribution in [0.2, 0.25) is 5.02 Å². The van der Waals surface area contributed by atoms with E-state index in [1.54, 1.807) is 12.1 Å². The van der Waals surface area contributed by atoms with E-state index in [0.717, 1.165) is 18.7 Å². The van der Waals surface area contributed by atoms with Crippen LogP contribution < -0.4 is 14.8 Å². The predicted molar refractivity (Wildman–Crippen MR) is 114 cm³/mol. The summed E-state index contributed by atoms with van der Waals surface area (Å²) in [7, 11) is 0. The van der Waals surface area contributed by atoms with Crippen molar-refractivity contribution in [1.82, 2.24) is 5.32 Å². The van der Waals surface area contributed by atoms with Crippen LogP contribution in [-0.2, 0) is 13.2 Å². The molecule has 0 atom stereocenters. The van der Waals surface area contributed by atoms with E-state index in [1.807, 2.05) is 25.1 Å². The normalized spacial score (nSPS) is 10.9. The molecule has 0 fully saturated rings. The van der Waals surface area contributed by atoms with E-state index in [1.165, 1.54) is 38.2 Å². The maximum absolute atomic E-state index is 13.9. The monoisotopic (exact) mass is 407 g/mol. The third-order valence-corrected chi connectivity index (χ3v) is 4.88. The molecule has 2 aromatic carbocycles. The highest BCUT2D eigenvalue weighted by Gasteiger charge is 2.11. The van der Waals surface area contributed by atoms with Crippen LogP contribution in [0.3, 0.4) is 0 Å². The Bertz CT molecular complexity index is 703. The van der Waals surface area contributed by atoms with Crippen molar-refractivity contribution < 1.29 is 13.9 Å². The van der Waals surface area contributed by atoms with Gasteiger partial charge in [-0.15, -0.1) is 0 Å². The summed E-state index contributed by atoms with van der Waals surface area (Å²) in [5.41, 5.74) is 1.48. The van der Waals surface area contributed by atoms with E-state index in [0.29, 0.717) is 28.7 Å². The van der Waals surface area contributed by atoms with Gasteiger partial charge in [-0.25, -0.2) is 4.39 Å². The maximum atomic E-state index is 13.9. The molecule has 0 aliphatic rings. The second-order valence-corrected chi connectivity index (χ2v) is 7.20. The molecular weight excluding hydrogens is 377 g/mol. The number of unbranched alkanes of at least 4 members (excludes halogenated alkanes) is 4. The zero-order valence-corrected chi connectivity index (χ0v) is 17.7. The molecule has 2 rings (SSSR count). The van der Waals surface area contributed by atoms with E-state index in [4.69, 9.17) is 21.1 Å². The quantitative estimate of drug-likeness (QED) is 0.383. The first kappa shape index (κ1) is 22.5. The van der Waals surface area contributed by atoms with Gasteiger partial charge in [0, 0.05) is 12.1 Å². The zero-order chi connectivity index (χ0) is 20.2. The van der Waals surface area contributed by atoms with Gasteiger partial charge in [-0.2, -0.15) is 0 Å². The van der Waals surface area contributed by atoms with Crippen LogP contribution in [0.25, 0.3) is 0 Å². The van der Waals surface area contributed by atoms with Gasteiger partial charge in [-0.05, 0) is 49.7 Å².